The van der Waals surface area contributed by atoms with E-state index in [0.29, 0.717) is 11.3 Å². The van der Waals surface area contributed by atoms with E-state index in [1.54, 1.807) is 30.6 Å². The van der Waals surface area contributed by atoms with Crippen LogP contribution in [-0.2, 0) is 0 Å². The molecule has 0 bridgehead atoms. The van der Waals surface area contributed by atoms with Crippen molar-refractivity contribution in [3.63, 3.8) is 0 Å². The number of H-pyrrole nitrogens is 2. The van der Waals surface area contributed by atoms with Crippen molar-refractivity contribution in [2.45, 2.75) is 6.92 Å². The molecule has 0 aliphatic heterocycles. The maximum atomic E-state index is 14.2. The molecule has 0 saturated heterocycles. The second-order valence-electron chi connectivity index (χ2n) is 5.49. The van der Waals surface area contributed by atoms with Gasteiger partial charge in [0.2, 0.25) is 0 Å². The molecule has 0 unspecified atom stereocenters. The predicted molar refractivity (Wildman–Crippen MR) is 89.5 cm³/mol. The lowest BCUT2D eigenvalue weighted by molar-refractivity contribution is 0.631. The van der Waals surface area contributed by atoms with Crippen molar-refractivity contribution in [3.05, 3.63) is 66.4 Å². The highest BCUT2D eigenvalue weighted by Gasteiger charge is 2.14. The van der Waals surface area contributed by atoms with Crippen LogP contribution in [0.1, 0.15) is 5.69 Å². The SMILES string of the molecule is Cc1cccc(-c2[nH]ncc2-c2ccc(F)c(-c3ccn[nH]3)c2)n1. The van der Waals surface area contributed by atoms with Gasteiger partial charge in [-0.25, -0.2) is 4.39 Å². The van der Waals surface area contributed by atoms with Crippen LogP contribution in [-0.4, -0.2) is 25.4 Å². The third-order valence-corrected chi connectivity index (χ3v) is 3.85. The quantitative estimate of drug-likeness (QED) is 0.600. The lowest BCUT2D eigenvalue weighted by atomic mass is 10.0. The molecule has 0 saturated carbocycles. The average molecular weight is 319 g/mol. The van der Waals surface area contributed by atoms with E-state index in [2.05, 4.69) is 25.4 Å². The van der Waals surface area contributed by atoms with E-state index in [1.807, 2.05) is 25.1 Å². The van der Waals surface area contributed by atoms with Crippen molar-refractivity contribution in [1.29, 1.82) is 0 Å². The number of nitrogens with zero attached hydrogens (tertiary/aromatic N) is 3. The summed E-state index contributed by atoms with van der Waals surface area (Å²) >= 11 is 0. The van der Waals surface area contributed by atoms with Crippen LogP contribution in [0.5, 0.6) is 0 Å². The number of benzene rings is 1. The molecule has 2 N–H and O–H groups in total. The van der Waals surface area contributed by atoms with Gasteiger partial charge in [0.05, 0.1) is 23.3 Å². The fraction of sp³-hybridized carbons (Fsp3) is 0.0556. The van der Waals surface area contributed by atoms with Gasteiger partial charge in [0.15, 0.2) is 0 Å². The molecule has 4 aromatic rings. The maximum Gasteiger partial charge on any atom is 0.132 e. The summed E-state index contributed by atoms with van der Waals surface area (Å²) in [6.07, 6.45) is 3.32. The largest absolute Gasteiger partial charge is 0.278 e. The Morgan fingerprint density at radius 3 is 2.67 bits per heavy atom. The van der Waals surface area contributed by atoms with E-state index < -0.39 is 0 Å². The number of hydrogen-bond acceptors (Lipinski definition) is 3. The topological polar surface area (TPSA) is 70.2 Å². The number of aryl methyl sites for hydroxylation is 1. The van der Waals surface area contributed by atoms with E-state index in [9.17, 15) is 4.39 Å². The van der Waals surface area contributed by atoms with Crippen molar-refractivity contribution in [3.8, 4) is 33.8 Å². The first kappa shape index (κ1) is 14.3. The molecule has 0 aliphatic rings. The summed E-state index contributed by atoms with van der Waals surface area (Å²) < 4.78 is 14.2. The van der Waals surface area contributed by atoms with Crippen molar-refractivity contribution in [2.24, 2.45) is 0 Å². The number of hydrogen-bond donors (Lipinski definition) is 2. The van der Waals surface area contributed by atoms with Crippen molar-refractivity contribution >= 4 is 0 Å². The average Bonchev–Trinajstić information content (AvgIpc) is 3.27. The lowest BCUT2D eigenvalue weighted by Crippen LogP contribution is -1.90. The normalized spacial score (nSPS) is 10.9. The van der Waals surface area contributed by atoms with Crippen LogP contribution in [0.25, 0.3) is 33.8 Å². The highest BCUT2D eigenvalue weighted by Crippen LogP contribution is 2.32. The molecule has 5 nitrogen and oxygen atoms in total. The summed E-state index contributed by atoms with van der Waals surface area (Å²) in [6.45, 7) is 1.94. The van der Waals surface area contributed by atoms with Crippen molar-refractivity contribution in [2.75, 3.05) is 0 Å². The Morgan fingerprint density at radius 2 is 1.88 bits per heavy atom. The van der Waals surface area contributed by atoms with Crippen LogP contribution in [0.2, 0.25) is 0 Å². The van der Waals surface area contributed by atoms with Crippen molar-refractivity contribution < 1.29 is 4.39 Å². The molecular formula is C18H14FN5. The summed E-state index contributed by atoms with van der Waals surface area (Å²) in [6, 6.07) is 12.5. The molecule has 0 fully saturated rings. The maximum absolute atomic E-state index is 14.2. The van der Waals surface area contributed by atoms with E-state index in [4.69, 9.17) is 0 Å². The monoisotopic (exact) mass is 319 g/mol. The van der Waals surface area contributed by atoms with Crippen LogP contribution >= 0.6 is 0 Å². The van der Waals surface area contributed by atoms with Gasteiger partial charge < -0.3 is 0 Å². The number of nitrogens with one attached hydrogen (secondary N) is 2. The second kappa shape index (κ2) is 5.73. The molecule has 3 aromatic heterocycles. The van der Waals surface area contributed by atoms with Gasteiger partial charge in [-0.2, -0.15) is 10.2 Å². The molecule has 0 amide bonds. The van der Waals surface area contributed by atoms with Gasteiger partial charge in [-0.15, -0.1) is 0 Å². The van der Waals surface area contributed by atoms with Gasteiger partial charge in [-0.1, -0.05) is 12.1 Å². The van der Waals surface area contributed by atoms with Crippen LogP contribution in [0.3, 0.4) is 0 Å². The number of aromatic amines is 2. The predicted octanol–water partition coefficient (Wildman–Crippen LogP) is 3.98. The van der Waals surface area contributed by atoms with E-state index in [1.165, 1.54) is 6.07 Å². The third-order valence-electron chi connectivity index (χ3n) is 3.85. The smallest absolute Gasteiger partial charge is 0.132 e. The second-order valence-corrected chi connectivity index (χ2v) is 5.49. The standard InChI is InChI=1S/C18H14FN5/c1-11-3-2-4-17(22-11)18-14(10-21-24-18)12-5-6-15(19)13(9-12)16-7-8-20-23-16/h2-10H,1H3,(H,20,23)(H,21,24). The highest BCUT2D eigenvalue weighted by atomic mass is 19.1. The third kappa shape index (κ3) is 2.48. The fourth-order valence-electron chi connectivity index (χ4n) is 2.69. The van der Waals surface area contributed by atoms with Gasteiger partial charge in [-0.05, 0) is 42.8 Å². The Hall–Kier alpha value is -3.28. The Kier molecular flexibility index (Phi) is 3.42. The summed E-state index contributed by atoms with van der Waals surface area (Å²) in [5.41, 5.74) is 5.35. The summed E-state index contributed by atoms with van der Waals surface area (Å²) in [5.74, 6) is -0.304. The van der Waals surface area contributed by atoms with E-state index in [0.717, 1.165) is 28.2 Å². The lowest BCUT2D eigenvalue weighted by Gasteiger charge is -2.07. The molecule has 6 heteroatoms. The fourth-order valence-corrected chi connectivity index (χ4v) is 2.69. The molecule has 1 aromatic carbocycles. The zero-order valence-corrected chi connectivity index (χ0v) is 12.9. The first-order chi connectivity index (χ1) is 11.7. The van der Waals surface area contributed by atoms with Crippen LogP contribution in [0, 0.1) is 12.7 Å². The van der Waals surface area contributed by atoms with Gasteiger partial charge in [0, 0.05) is 23.0 Å². The molecule has 24 heavy (non-hydrogen) atoms. The zero-order chi connectivity index (χ0) is 16.5. The molecule has 0 atom stereocenters. The summed E-state index contributed by atoms with van der Waals surface area (Å²) in [7, 11) is 0. The van der Waals surface area contributed by atoms with Gasteiger partial charge in [-0.3, -0.25) is 15.2 Å². The van der Waals surface area contributed by atoms with Gasteiger partial charge in [0.25, 0.3) is 0 Å². The number of aromatic nitrogens is 5. The molecule has 3 heterocycles. The van der Waals surface area contributed by atoms with Gasteiger partial charge in [0.1, 0.15) is 5.82 Å². The number of rotatable bonds is 3. The van der Waals surface area contributed by atoms with E-state index >= 15 is 0 Å². The Balaban J connectivity index is 1.84. The molecule has 0 spiro atoms. The number of pyridine rings is 1. The minimum Gasteiger partial charge on any atom is -0.278 e. The Morgan fingerprint density at radius 1 is 0.958 bits per heavy atom. The molecular weight excluding hydrogens is 305 g/mol. The highest BCUT2D eigenvalue weighted by molar-refractivity contribution is 5.81. The first-order valence-corrected chi connectivity index (χ1v) is 7.49. The van der Waals surface area contributed by atoms with Gasteiger partial charge >= 0.3 is 0 Å². The summed E-state index contributed by atoms with van der Waals surface area (Å²) in [5, 5.41) is 13.8. The Labute approximate surface area is 137 Å². The first-order valence-electron chi connectivity index (χ1n) is 7.49. The van der Waals surface area contributed by atoms with Crippen molar-refractivity contribution in [1.82, 2.24) is 25.4 Å². The summed E-state index contributed by atoms with van der Waals surface area (Å²) in [4.78, 5) is 4.53. The van der Waals surface area contributed by atoms with Crippen LogP contribution in [0.15, 0.2) is 54.9 Å². The van der Waals surface area contributed by atoms with Crippen LogP contribution < -0.4 is 0 Å². The molecule has 0 radical (unpaired) electrons. The van der Waals surface area contributed by atoms with Crippen LogP contribution in [0.4, 0.5) is 4.39 Å². The minimum absolute atomic E-state index is 0.304. The molecule has 118 valence electrons. The Bertz CT molecular complexity index is 988. The van der Waals surface area contributed by atoms with E-state index in [-0.39, 0.29) is 5.82 Å². The number of halogens is 1. The molecule has 4 rings (SSSR count). The minimum atomic E-state index is -0.304. The molecule has 0 aliphatic carbocycles. The zero-order valence-electron chi connectivity index (χ0n) is 12.9.